The summed E-state index contributed by atoms with van der Waals surface area (Å²) in [7, 11) is -2.35. The van der Waals surface area contributed by atoms with E-state index in [0.717, 1.165) is 5.56 Å². The first-order valence-corrected chi connectivity index (χ1v) is 8.47. The van der Waals surface area contributed by atoms with Crippen molar-refractivity contribution >= 4 is 21.5 Å². The third kappa shape index (κ3) is 4.96. The summed E-state index contributed by atoms with van der Waals surface area (Å²) in [6.07, 6.45) is 5.60. The number of esters is 1. The smallest absolute Gasteiger partial charge is 0.358 e. The molecule has 0 fully saturated rings. The maximum atomic E-state index is 11.9. The predicted molar refractivity (Wildman–Crippen MR) is 79.7 cm³/mol. The van der Waals surface area contributed by atoms with Crippen LogP contribution in [-0.2, 0) is 21.1 Å². The molecule has 0 unspecified atom stereocenters. The van der Waals surface area contributed by atoms with Gasteiger partial charge in [0.1, 0.15) is 6.61 Å². The van der Waals surface area contributed by atoms with Crippen molar-refractivity contribution in [3.63, 3.8) is 0 Å². The first kappa shape index (κ1) is 15.1. The van der Waals surface area contributed by atoms with Gasteiger partial charge >= 0.3 is 5.97 Å². The molecule has 0 N–H and O–H groups in total. The fourth-order valence-corrected chi connectivity index (χ4v) is 2.06. The lowest BCUT2D eigenvalue weighted by Gasteiger charge is -2.04. The van der Waals surface area contributed by atoms with Crippen molar-refractivity contribution in [1.82, 2.24) is 9.97 Å². The minimum Gasteiger partial charge on any atom is -0.456 e. The first-order chi connectivity index (χ1) is 9.94. The largest absolute Gasteiger partial charge is 0.456 e. The van der Waals surface area contributed by atoms with Gasteiger partial charge in [0.25, 0.3) is 0 Å². The van der Waals surface area contributed by atoms with E-state index in [-0.39, 0.29) is 18.1 Å². The molecule has 0 aliphatic rings. The van der Waals surface area contributed by atoms with Gasteiger partial charge in [-0.3, -0.25) is 4.98 Å². The Morgan fingerprint density at radius 1 is 1.24 bits per heavy atom. The van der Waals surface area contributed by atoms with Crippen LogP contribution in [0.25, 0.3) is 0 Å². The lowest BCUT2D eigenvalue weighted by molar-refractivity contribution is 0.0465. The summed E-state index contributed by atoms with van der Waals surface area (Å²) < 4.78 is 20.6. The van der Waals surface area contributed by atoms with E-state index in [0.29, 0.717) is 0 Å². The third-order valence-electron chi connectivity index (χ3n) is 2.36. The summed E-state index contributed by atoms with van der Waals surface area (Å²) in [4.78, 5) is 19.7. The van der Waals surface area contributed by atoms with Crippen molar-refractivity contribution in [2.75, 3.05) is 12.5 Å². The number of aromatic nitrogens is 2. The molecule has 0 radical (unpaired) electrons. The van der Waals surface area contributed by atoms with Crippen molar-refractivity contribution in [2.24, 2.45) is 4.36 Å². The second kappa shape index (κ2) is 6.45. The van der Waals surface area contributed by atoms with E-state index in [2.05, 4.69) is 14.3 Å². The van der Waals surface area contributed by atoms with Crippen LogP contribution in [-0.4, -0.2) is 32.7 Å². The molecule has 0 saturated heterocycles. The Kier molecular flexibility index (Phi) is 4.64. The molecule has 2 rings (SSSR count). The SMILES string of the molecule is CS(C)(=O)=Nc1cncc(C(=O)OCc2ccccc2)n1. The lowest BCUT2D eigenvalue weighted by Crippen LogP contribution is -2.08. The Labute approximate surface area is 123 Å². The number of hydrogen-bond acceptors (Lipinski definition) is 6. The van der Waals surface area contributed by atoms with Gasteiger partial charge < -0.3 is 4.74 Å². The first-order valence-electron chi connectivity index (χ1n) is 6.14. The highest BCUT2D eigenvalue weighted by Gasteiger charge is 2.11. The predicted octanol–water partition coefficient (Wildman–Crippen LogP) is 2.19. The average Bonchev–Trinajstić information content (AvgIpc) is 2.44. The van der Waals surface area contributed by atoms with Gasteiger partial charge in [-0.05, 0) is 5.56 Å². The molecule has 2 aromatic rings. The van der Waals surface area contributed by atoms with Crippen molar-refractivity contribution in [1.29, 1.82) is 0 Å². The summed E-state index contributed by atoms with van der Waals surface area (Å²) in [5.41, 5.74) is 0.917. The van der Waals surface area contributed by atoms with Crippen LogP contribution in [0, 0.1) is 0 Å². The van der Waals surface area contributed by atoms with Gasteiger partial charge in [-0.2, -0.15) is 4.36 Å². The Morgan fingerprint density at radius 3 is 2.62 bits per heavy atom. The molecule has 1 aromatic heterocycles. The minimum atomic E-state index is -2.35. The maximum absolute atomic E-state index is 11.9. The third-order valence-corrected chi connectivity index (χ3v) is 2.98. The molecule has 0 aliphatic carbocycles. The summed E-state index contributed by atoms with van der Waals surface area (Å²) in [6.45, 7) is 0.154. The number of hydrogen-bond donors (Lipinski definition) is 0. The van der Waals surface area contributed by atoms with E-state index in [4.69, 9.17) is 4.74 Å². The zero-order chi connectivity index (χ0) is 15.3. The second-order valence-electron chi connectivity index (χ2n) is 4.60. The molecule has 7 heteroatoms. The van der Waals surface area contributed by atoms with Crippen LogP contribution in [0.3, 0.4) is 0 Å². The highest BCUT2D eigenvalue weighted by Crippen LogP contribution is 2.10. The summed E-state index contributed by atoms with van der Waals surface area (Å²) >= 11 is 0. The molecule has 0 aliphatic heterocycles. The summed E-state index contributed by atoms with van der Waals surface area (Å²) in [5.74, 6) is -0.443. The second-order valence-corrected chi connectivity index (χ2v) is 7.14. The van der Waals surface area contributed by atoms with Crippen molar-refractivity contribution in [2.45, 2.75) is 6.61 Å². The van der Waals surface area contributed by atoms with Crippen LogP contribution in [0.1, 0.15) is 16.1 Å². The molecule has 0 atom stereocenters. The molecule has 21 heavy (non-hydrogen) atoms. The maximum Gasteiger partial charge on any atom is 0.358 e. The van der Waals surface area contributed by atoms with E-state index < -0.39 is 15.7 Å². The highest BCUT2D eigenvalue weighted by molar-refractivity contribution is 7.92. The van der Waals surface area contributed by atoms with Crippen LogP contribution < -0.4 is 0 Å². The average molecular weight is 305 g/mol. The Morgan fingerprint density at radius 2 is 1.95 bits per heavy atom. The number of ether oxygens (including phenoxy) is 1. The molecule has 1 aromatic carbocycles. The van der Waals surface area contributed by atoms with E-state index in [1.165, 1.54) is 24.9 Å². The van der Waals surface area contributed by atoms with Gasteiger partial charge in [0.05, 0.1) is 12.4 Å². The molecular weight excluding hydrogens is 290 g/mol. The Hall–Kier alpha value is -2.28. The van der Waals surface area contributed by atoms with Crippen LogP contribution in [0.2, 0.25) is 0 Å². The fraction of sp³-hybridized carbons (Fsp3) is 0.214. The summed E-state index contributed by atoms with van der Waals surface area (Å²) in [6, 6.07) is 9.32. The van der Waals surface area contributed by atoms with Gasteiger partial charge in [0.2, 0.25) is 0 Å². The van der Waals surface area contributed by atoms with Gasteiger partial charge in [-0.25, -0.2) is 14.0 Å². The van der Waals surface area contributed by atoms with Crippen LogP contribution in [0.4, 0.5) is 5.82 Å². The van der Waals surface area contributed by atoms with Crippen LogP contribution in [0.5, 0.6) is 0 Å². The lowest BCUT2D eigenvalue weighted by atomic mass is 10.2. The van der Waals surface area contributed by atoms with Crippen LogP contribution >= 0.6 is 0 Å². The molecule has 0 amide bonds. The van der Waals surface area contributed by atoms with Gasteiger partial charge in [0.15, 0.2) is 11.5 Å². The summed E-state index contributed by atoms with van der Waals surface area (Å²) in [5, 5.41) is 0. The standard InChI is InChI=1S/C14H15N3O3S/c1-21(2,19)17-13-9-15-8-12(16-13)14(18)20-10-11-6-4-3-5-7-11/h3-9H,10H2,1-2H3. The fourth-order valence-electron chi connectivity index (χ4n) is 1.52. The topological polar surface area (TPSA) is 81.5 Å². The number of nitrogens with zero attached hydrogens (tertiary/aromatic N) is 3. The Balaban J connectivity index is 2.10. The number of rotatable bonds is 4. The normalized spacial score (nSPS) is 11.0. The van der Waals surface area contributed by atoms with E-state index >= 15 is 0 Å². The van der Waals surface area contributed by atoms with Crippen molar-refractivity contribution in [3.05, 3.63) is 54.0 Å². The number of carbonyl (C=O) groups excluding carboxylic acids is 1. The van der Waals surface area contributed by atoms with Gasteiger partial charge in [-0.15, -0.1) is 0 Å². The quantitative estimate of drug-likeness (QED) is 0.809. The van der Waals surface area contributed by atoms with Crippen LogP contribution in [0.15, 0.2) is 47.1 Å². The highest BCUT2D eigenvalue weighted by atomic mass is 32.2. The number of carbonyl (C=O) groups is 1. The Bertz CT molecular complexity index is 745. The van der Waals surface area contributed by atoms with Gasteiger partial charge in [0, 0.05) is 22.2 Å². The molecule has 0 spiro atoms. The van der Waals surface area contributed by atoms with E-state index in [9.17, 15) is 9.00 Å². The van der Waals surface area contributed by atoms with E-state index in [1.54, 1.807) is 0 Å². The van der Waals surface area contributed by atoms with Crippen molar-refractivity contribution in [3.8, 4) is 0 Å². The molecule has 0 saturated carbocycles. The monoisotopic (exact) mass is 305 g/mol. The zero-order valence-electron chi connectivity index (χ0n) is 11.7. The van der Waals surface area contributed by atoms with Gasteiger partial charge in [-0.1, -0.05) is 30.3 Å². The molecule has 110 valence electrons. The van der Waals surface area contributed by atoms with E-state index in [1.807, 2.05) is 30.3 Å². The minimum absolute atomic E-state index is 0.0378. The zero-order valence-corrected chi connectivity index (χ0v) is 12.5. The molecule has 0 bridgehead atoms. The molecular formula is C14H15N3O3S. The molecule has 6 nitrogen and oxygen atoms in total. The molecule has 1 heterocycles. The number of benzene rings is 1. The van der Waals surface area contributed by atoms with Crippen molar-refractivity contribution < 1.29 is 13.7 Å².